The summed E-state index contributed by atoms with van der Waals surface area (Å²) in [6.07, 6.45) is 0. The number of fused-ring (bicyclic) bond motifs is 7. The van der Waals surface area contributed by atoms with Crippen molar-refractivity contribution in [2.24, 2.45) is 0 Å². The summed E-state index contributed by atoms with van der Waals surface area (Å²) in [4.78, 5) is 2.35. The van der Waals surface area contributed by atoms with Crippen molar-refractivity contribution in [3.8, 4) is 11.1 Å². The molecule has 9 rings (SSSR count). The van der Waals surface area contributed by atoms with Gasteiger partial charge in [0, 0.05) is 49.8 Å². The third-order valence-corrected chi connectivity index (χ3v) is 8.47. The Kier molecular flexibility index (Phi) is 5.20. The molecule has 0 fully saturated rings. The lowest BCUT2D eigenvalue weighted by Crippen LogP contribution is -2.11. The summed E-state index contributed by atoms with van der Waals surface area (Å²) in [7, 11) is 0. The largest absolute Gasteiger partial charge is 0.456 e. The van der Waals surface area contributed by atoms with E-state index in [9.17, 15) is 0 Å². The maximum Gasteiger partial charge on any atom is 0.143 e. The molecule has 3 heteroatoms. The molecule has 0 amide bonds. The van der Waals surface area contributed by atoms with Crippen molar-refractivity contribution in [3.05, 3.63) is 152 Å². The van der Waals surface area contributed by atoms with Crippen LogP contribution in [-0.4, -0.2) is 0 Å². The lowest BCUT2D eigenvalue weighted by molar-refractivity contribution is 0.669. The van der Waals surface area contributed by atoms with E-state index in [2.05, 4.69) is 132 Å². The van der Waals surface area contributed by atoms with Gasteiger partial charge in [-0.15, -0.1) is 0 Å². The second-order valence-corrected chi connectivity index (χ2v) is 10.9. The Balaban J connectivity index is 1.34. The van der Waals surface area contributed by atoms with Crippen molar-refractivity contribution in [1.29, 1.82) is 0 Å². The van der Waals surface area contributed by atoms with E-state index in [0.29, 0.717) is 0 Å². The molecule has 0 saturated heterocycles. The minimum absolute atomic E-state index is 0.862. The van der Waals surface area contributed by atoms with Crippen molar-refractivity contribution in [2.75, 3.05) is 4.90 Å². The summed E-state index contributed by atoms with van der Waals surface area (Å²) in [6, 6.07) is 53.1. The summed E-state index contributed by atoms with van der Waals surface area (Å²) < 4.78 is 12.9. The van der Waals surface area contributed by atoms with Gasteiger partial charge in [0.1, 0.15) is 22.3 Å². The van der Waals surface area contributed by atoms with E-state index in [-0.39, 0.29) is 0 Å². The van der Waals surface area contributed by atoms with Gasteiger partial charge in [0.05, 0.1) is 11.4 Å². The quantitative estimate of drug-likeness (QED) is 0.218. The molecular weight excluding hydrogens is 526 g/mol. The number of furan rings is 2. The molecule has 0 spiro atoms. The van der Waals surface area contributed by atoms with Gasteiger partial charge in [-0.05, 0) is 41.8 Å². The normalized spacial score (nSPS) is 11.7. The summed E-state index contributed by atoms with van der Waals surface area (Å²) in [6.45, 7) is 0. The van der Waals surface area contributed by atoms with Gasteiger partial charge in [-0.25, -0.2) is 0 Å². The zero-order chi connectivity index (χ0) is 28.3. The summed E-state index contributed by atoms with van der Waals surface area (Å²) in [5.74, 6) is 0. The van der Waals surface area contributed by atoms with E-state index < -0.39 is 0 Å². The van der Waals surface area contributed by atoms with Crippen LogP contribution in [0.3, 0.4) is 0 Å². The summed E-state index contributed by atoms with van der Waals surface area (Å²) in [5, 5.41) is 6.83. The average molecular weight is 552 g/mol. The Labute approximate surface area is 247 Å². The minimum Gasteiger partial charge on any atom is -0.456 e. The maximum absolute atomic E-state index is 6.51. The van der Waals surface area contributed by atoms with Gasteiger partial charge in [-0.2, -0.15) is 0 Å². The molecule has 0 radical (unpaired) electrons. The zero-order valence-corrected chi connectivity index (χ0v) is 23.2. The molecule has 2 heterocycles. The maximum atomic E-state index is 6.51. The fraction of sp³-hybridized carbons (Fsp3) is 0. The van der Waals surface area contributed by atoms with Crippen LogP contribution in [0.25, 0.3) is 65.8 Å². The molecule has 0 aliphatic carbocycles. The van der Waals surface area contributed by atoms with Gasteiger partial charge in [0.2, 0.25) is 0 Å². The molecule has 0 bridgehead atoms. The number of para-hydroxylation sites is 4. The Morgan fingerprint density at radius 3 is 1.84 bits per heavy atom. The molecule has 0 saturated carbocycles. The number of benzene rings is 7. The molecule has 9 aromatic rings. The minimum atomic E-state index is 0.862. The summed E-state index contributed by atoms with van der Waals surface area (Å²) >= 11 is 0. The lowest BCUT2D eigenvalue weighted by atomic mass is 9.98. The van der Waals surface area contributed by atoms with E-state index in [1.807, 2.05) is 24.3 Å². The number of rotatable bonds is 4. The fourth-order valence-corrected chi connectivity index (χ4v) is 6.52. The van der Waals surface area contributed by atoms with E-state index in [1.54, 1.807) is 0 Å². The van der Waals surface area contributed by atoms with Crippen LogP contribution in [0.15, 0.2) is 160 Å². The molecule has 7 aromatic carbocycles. The average Bonchev–Trinajstić information content (AvgIpc) is 3.63. The predicted octanol–water partition coefficient (Wildman–Crippen LogP) is 11.8. The Hall–Kier alpha value is -5.80. The molecule has 0 aliphatic rings. The van der Waals surface area contributed by atoms with Crippen molar-refractivity contribution < 1.29 is 8.83 Å². The molecule has 202 valence electrons. The molecule has 3 nitrogen and oxygen atoms in total. The third kappa shape index (κ3) is 3.68. The smallest absolute Gasteiger partial charge is 0.143 e. The SMILES string of the molecule is c1ccc(N(c2ccc3c(c2)oc2ccccc23)c2cccc3ccccc23)c(-c2cccc3c2oc2ccccc23)c1. The number of hydrogen-bond donors (Lipinski definition) is 0. The second-order valence-electron chi connectivity index (χ2n) is 10.9. The van der Waals surface area contributed by atoms with Gasteiger partial charge < -0.3 is 13.7 Å². The van der Waals surface area contributed by atoms with E-state index in [1.165, 1.54) is 10.8 Å². The molecule has 0 atom stereocenters. The molecule has 2 aromatic heterocycles. The molecule has 0 N–H and O–H groups in total. The molecular formula is C40H25NO2. The van der Waals surface area contributed by atoms with E-state index in [4.69, 9.17) is 8.83 Å². The van der Waals surface area contributed by atoms with Gasteiger partial charge >= 0.3 is 0 Å². The number of nitrogens with zero attached hydrogens (tertiary/aromatic N) is 1. The monoisotopic (exact) mass is 551 g/mol. The third-order valence-electron chi connectivity index (χ3n) is 8.47. The van der Waals surface area contributed by atoms with Crippen molar-refractivity contribution in [1.82, 2.24) is 0 Å². The molecule has 43 heavy (non-hydrogen) atoms. The van der Waals surface area contributed by atoms with Crippen molar-refractivity contribution >= 4 is 71.7 Å². The van der Waals surface area contributed by atoms with Gasteiger partial charge in [0.25, 0.3) is 0 Å². The first kappa shape index (κ1) is 23.9. The van der Waals surface area contributed by atoms with Crippen LogP contribution in [0.4, 0.5) is 17.1 Å². The second kappa shape index (κ2) is 9.37. The highest BCUT2D eigenvalue weighted by Gasteiger charge is 2.22. The van der Waals surface area contributed by atoms with E-state index >= 15 is 0 Å². The number of anilines is 3. The first-order chi connectivity index (χ1) is 21.3. The highest BCUT2D eigenvalue weighted by atomic mass is 16.3. The van der Waals surface area contributed by atoms with Crippen LogP contribution in [0.2, 0.25) is 0 Å². The van der Waals surface area contributed by atoms with Crippen LogP contribution in [0.5, 0.6) is 0 Å². The first-order valence-corrected chi connectivity index (χ1v) is 14.5. The highest BCUT2D eigenvalue weighted by molar-refractivity contribution is 6.12. The van der Waals surface area contributed by atoms with Gasteiger partial charge in [0.15, 0.2) is 0 Å². The molecule has 0 aliphatic heterocycles. The first-order valence-electron chi connectivity index (χ1n) is 14.5. The Morgan fingerprint density at radius 1 is 0.372 bits per heavy atom. The zero-order valence-electron chi connectivity index (χ0n) is 23.2. The fourth-order valence-electron chi connectivity index (χ4n) is 6.52. The van der Waals surface area contributed by atoms with Crippen LogP contribution in [-0.2, 0) is 0 Å². The van der Waals surface area contributed by atoms with E-state index in [0.717, 1.165) is 72.1 Å². The van der Waals surface area contributed by atoms with Crippen molar-refractivity contribution in [3.63, 3.8) is 0 Å². The number of hydrogen-bond acceptors (Lipinski definition) is 3. The topological polar surface area (TPSA) is 29.5 Å². The predicted molar refractivity (Wildman–Crippen MR) is 179 cm³/mol. The van der Waals surface area contributed by atoms with Crippen LogP contribution in [0, 0.1) is 0 Å². The molecule has 0 unspecified atom stereocenters. The lowest BCUT2D eigenvalue weighted by Gasteiger charge is -2.29. The van der Waals surface area contributed by atoms with Crippen molar-refractivity contribution in [2.45, 2.75) is 0 Å². The highest BCUT2D eigenvalue weighted by Crippen LogP contribution is 2.46. The van der Waals surface area contributed by atoms with Crippen LogP contribution < -0.4 is 4.90 Å². The standard InChI is InChI=1S/C40H25NO2/c1-2-13-28-26(11-1)12-9-20-35(28)41(27-23-24-32-30-15-4-7-21-37(30)42-39(32)25-27)36-19-6-3-14-29(36)33-17-10-18-34-31-16-5-8-22-38(31)43-40(33)34/h1-25H. The Bertz CT molecular complexity index is 2480. The van der Waals surface area contributed by atoms with Gasteiger partial charge in [-0.3, -0.25) is 0 Å². The Morgan fingerprint density at radius 2 is 0.953 bits per heavy atom. The van der Waals surface area contributed by atoms with Crippen LogP contribution in [0.1, 0.15) is 0 Å². The van der Waals surface area contributed by atoms with Crippen LogP contribution >= 0.6 is 0 Å². The van der Waals surface area contributed by atoms with Gasteiger partial charge in [-0.1, -0.05) is 109 Å². The summed E-state index contributed by atoms with van der Waals surface area (Å²) in [5.41, 5.74) is 8.85.